The largest absolute Gasteiger partial charge is 0.303 e. The molecule has 0 saturated carbocycles. The molecule has 0 radical (unpaired) electrons. The highest BCUT2D eigenvalue weighted by atomic mass is 32.1. The van der Waals surface area contributed by atoms with Gasteiger partial charge in [0, 0.05) is 13.0 Å². The SMILES string of the molecule is CCCC1CCN(CCCC(=O)c2cccs2)C1. The van der Waals surface area contributed by atoms with Crippen molar-refractivity contribution in [3.8, 4) is 0 Å². The van der Waals surface area contributed by atoms with Gasteiger partial charge in [0.2, 0.25) is 0 Å². The van der Waals surface area contributed by atoms with E-state index >= 15 is 0 Å². The molecular formula is C15H23NOS. The molecule has 1 atom stereocenters. The van der Waals surface area contributed by atoms with Crippen LogP contribution in [0.25, 0.3) is 0 Å². The monoisotopic (exact) mass is 265 g/mol. The fourth-order valence-corrected chi connectivity index (χ4v) is 3.48. The van der Waals surface area contributed by atoms with E-state index in [4.69, 9.17) is 0 Å². The van der Waals surface area contributed by atoms with Gasteiger partial charge in [0.05, 0.1) is 4.88 Å². The van der Waals surface area contributed by atoms with E-state index in [1.165, 1.54) is 32.4 Å². The summed E-state index contributed by atoms with van der Waals surface area (Å²) >= 11 is 1.56. The highest BCUT2D eigenvalue weighted by molar-refractivity contribution is 7.12. The van der Waals surface area contributed by atoms with E-state index in [0.29, 0.717) is 12.2 Å². The summed E-state index contributed by atoms with van der Waals surface area (Å²) < 4.78 is 0. The molecule has 0 N–H and O–H groups in total. The molecule has 18 heavy (non-hydrogen) atoms. The molecule has 2 rings (SSSR count). The lowest BCUT2D eigenvalue weighted by Crippen LogP contribution is -2.22. The number of nitrogens with zero attached hydrogens (tertiary/aromatic N) is 1. The molecule has 3 heteroatoms. The molecule has 0 spiro atoms. The van der Waals surface area contributed by atoms with Gasteiger partial charge in [-0.1, -0.05) is 19.4 Å². The number of ketones is 1. The van der Waals surface area contributed by atoms with Crippen molar-refractivity contribution in [2.75, 3.05) is 19.6 Å². The van der Waals surface area contributed by atoms with Crippen molar-refractivity contribution in [2.24, 2.45) is 5.92 Å². The minimum absolute atomic E-state index is 0.314. The van der Waals surface area contributed by atoms with Crippen LogP contribution in [0.4, 0.5) is 0 Å². The predicted octanol–water partition coefficient (Wildman–Crippen LogP) is 3.83. The van der Waals surface area contributed by atoms with Gasteiger partial charge in [-0.2, -0.15) is 0 Å². The molecule has 0 bridgehead atoms. The summed E-state index contributed by atoms with van der Waals surface area (Å²) in [4.78, 5) is 15.3. The Labute approximate surface area is 114 Å². The van der Waals surface area contributed by atoms with E-state index in [-0.39, 0.29) is 0 Å². The van der Waals surface area contributed by atoms with Crippen molar-refractivity contribution < 1.29 is 4.79 Å². The first-order valence-corrected chi connectivity index (χ1v) is 7.96. The maximum Gasteiger partial charge on any atom is 0.172 e. The van der Waals surface area contributed by atoms with Crippen LogP contribution >= 0.6 is 11.3 Å². The third-order valence-corrected chi connectivity index (χ3v) is 4.65. The Hall–Kier alpha value is -0.670. The lowest BCUT2D eigenvalue weighted by molar-refractivity contribution is 0.0980. The summed E-state index contributed by atoms with van der Waals surface area (Å²) in [5.74, 6) is 1.22. The average molecular weight is 265 g/mol. The third kappa shape index (κ3) is 3.92. The number of Topliss-reactive ketones (excluding diaryl/α,β-unsaturated/α-hetero) is 1. The minimum Gasteiger partial charge on any atom is -0.303 e. The first-order valence-electron chi connectivity index (χ1n) is 7.08. The number of carbonyl (C=O) groups is 1. The summed E-state index contributed by atoms with van der Waals surface area (Å²) in [6, 6.07) is 3.88. The molecule has 2 nitrogen and oxygen atoms in total. The van der Waals surface area contributed by atoms with E-state index in [1.807, 2.05) is 17.5 Å². The van der Waals surface area contributed by atoms with Gasteiger partial charge in [-0.15, -0.1) is 11.3 Å². The Morgan fingerprint density at radius 1 is 1.56 bits per heavy atom. The summed E-state index contributed by atoms with van der Waals surface area (Å²) in [5.41, 5.74) is 0. The quantitative estimate of drug-likeness (QED) is 0.698. The molecule has 1 aromatic rings. The Morgan fingerprint density at radius 2 is 2.44 bits per heavy atom. The van der Waals surface area contributed by atoms with E-state index in [0.717, 1.165) is 23.8 Å². The maximum absolute atomic E-state index is 11.8. The standard InChI is InChI=1S/C15H23NOS/c1-2-5-13-8-10-16(12-13)9-3-6-14(17)15-7-4-11-18-15/h4,7,11,13H,2-3,5-6,8-10,12H2,1H3. The van der Waals surface area contributed by atoms with E-state index in [2.05, 4.69) is 11.8 Å². The maximum atomic E-state index is 11.8. The van der Waals surface area contributed by atoms with E-state index in [1.54, 1.807) is 11.3 Å². The molecule has 1 fully saturated rings. The summed E-state index contributed by atoms with van der Waals surface area (Å²) in [7, 11) is 0. The van der Waals surface area contributed by atoms with Gasteiger partial charge in [-0.05, 0) is 49.7 Å². The lowest BCUT2D eigenvalue weighted by Gasteiger charge is -2.15. The lowest BCUT2D eigenvalue weighted by atomic mass is 10.0. The zero-order valence-corrected chi connectivity index (χ0v) is 12.0. The molecule has 1 saturated heterocycles. The van der Waals surface area contributed by atoms with Gasteiger partial charge >= 0.3 is 0 Å². The molecule has 0 amide bonds. The van der Waals surface area contributed by atoms with Crippen LogP contribution in [-0.2, 0) is 0 Å². The number of rotatable bonds is 7. The molecular weight excluding hydrogens is 242 g/mol. The summed E-state index contributed by atoms with van der Waals surface area (Å²) in [5, 5.41) is 1.98. The molecule has 0 aromatic carbocycles. The smallest absolute Gasteiger partial charge is 0.172 e. The van der Waals surface area contributed by atoms with E-state index in [9.17, 15) is 4.79 Å². The highest BCUT2D eigenvalue weighted by Crippen LogP contribution is 2.21. The van der Waals surface area contributed by atoms with Gasteiger partial charge in [0.25, 0.3) is 0 Å². The number of likely N-dealkylation sites (tertiary alicyclic amines) is 1. The van der Waals surface area contributed by atoms with Crippen LogP contribution in [0.1, 0.15) is 48.7 Å². The highest BCUT2D eigenvalue weighted by Gasteiger charge is 2.21. The van der Waals surface area contributed by atoms with Gasteiger partial charge in [0.1, 0.15) is 0 Å². The van der Waals surface area contributed by atoms with Crippen LogP contribution in [-0.4, -0.2) is 30.3 Å². The Morgan fingerprint density at radius 3 is 3.17 bits per heavy atom. The molecule has 1 aromatic heterocycles. The zero-order chi connectivity index (χ0) is 12.8. The molecule has 1 aliphatic heterocycles. The normalized spacial score (nSPS) is 20.4. The second kappa shape index (κ2) is 7.05. The van der Waals surface area contributed by atoms with Crippen molar-refractivity contribution in [3.63, 3.8) is 0 Å². The van der Waals surface area contributed by atoms with Crippen LogP contribution in [0, 0.1) is 5.92 Å². The van der Waals surface area contributed by atoms with Gasteiger partial charge in [0.15, 0.2) is 5.78 Å². The molecule has 1 unspecified atom stereocenters. The zero-order valence-electron chi connectivity index (χ0n) is 11.2. The van der Waals surface area contributed by atoms with Crippen molar-refractivity contribution in [1.82, 2.24) is 4.90 Å². The molecule has 1 aliphatic rings. The first kappa shape index (κ1) is 13.8. The topological polar surface area (TPSA) is 20.3 Å². The summed E-state index contributed by atoms with van der Waals surface area (Å²) in [6.07, 6.45) is 5.73. The van der Waals surface area contributed by atoms with E-state index < -0.39 is 0 Å². The number of thiophene rings is 1. The third-order valence-electron chi connectivity index (χ3n) is 3.74. The molecule has 0 aliphatic carbocycles. The van der Waals surface area contributed by atoms with Gasteiger partial charge < -0.3 is 4.90 Å². The molecule has 100 valence electrons. The predicted molar refractivity (Wildman–Crippen MR) is 77.3 cm³/mol. The number of hydrogen-bond acceptors (Lipinski definition) is 3. The first-order chi connectivity index (χ1) is 8.79. The van der Waals surface area contributed by atoms with Crippen LogP contribution in [0.5, 0.6) is 0 Å². The van der Waals surface area contributed by atoms with Gasteiger partial charge in [-0.3, -0.25) is 4.79 Å². The summed E-state index contributed by atoms with van der Waals surface area (Å²) in [6.45, 7) is 5.85. The Kier molecular flexibility index (Phi) is 5.39. The second-order valence-corrected chi connectivity index (χ2v) is 6.20. The number of carbonyl (C=O) groups excluding carboxylic acids is 1. The Bertz CT molecular complexity index is 361. The minimum atomic E-state index is 0.314. The van der Waals surface area contributed by atoms with Crippen molar-refractivity contribution >= 4 is 17.1 Å². The fourth-order valence-electron chi connectivity index (χ4n) is 2.78. The van der Waals surface area contributed by atoms with Crippen LogP contribution in [0.3, 0.4) is 0 Å². The van der Waals surface area contributed by atoms with Crippen LogP contribution in [0.2, 0.25) is 0 Å². The van der Waals surface area contributed by atoms with Crippen LogP contribution < -0.4 is 0 Å². The average Bonchev–Trinajstić information content (AvgIpc) is 3.00. The number of hydrogen-bond donors (Lipinski definition) is 0. The van der Waals surface area contributed by atoms with Crippen LogP contribution in [0.15, 0.2) is 17.5 Å². The fraction of sp³-hybridized carbons (Fsp3) is 0.667. The van der Waals surface area contributed by atoms with Gasteiger partial charge in [-0.25, -0.2) is 0 Å². The van der Waals surface area contributed by atoms with Crippen molar-refractivity contribution in [2.45, 2.75) is 39.0 Å². The van der Waals surface area contributed by atoms with Crippen molar-refractivity contribution in [3.05, 3.63) is 22.4 Å². The second-order valence-electron chi connectivity index (χ2n) is 5.25. The Balaban J connectivity index is 1.63. The molecule has 2 heterocycles. The van der Waals surface area contributed by atoms with Crippen molar-refractivity contribution in [1.29, 1.82) is 0 Å².